The molecule has 4 N–H and O–H groups in total. The van der Waals surface area contributed by atoms with E-state index in [0.29, 0.717) is 12.1 Å². The molecule has 0 aliphatic heterocycles. The predicted octanol–water partition coefficient (Wildman–Crippen LogP) is 3.25. The second kappa shape index (κ2) is 8.18. The van der Waals surface area contributed by atoms with Crippen molar-refractivity contribution in [3.05, 3.63) is 65.5 Å². The van der Waals surface area contributed by atoms with Crippen LogP contribution < -0.4 is 11.1 Å². The van der Waals surface area contributed by atoms with Crippen molar-refractivity contribution in [2.75, 3.05) is 12.0 Å². The number of hydrogen-bond donors (Lipinski definition) is 3. The van der Waals surface area contributed by atoms with Gasteiger partial charge < -0.3 is 16.0 Å². The fourth-order valence-corrected chi connectivity index (χ4v) is 3.16. The molecule has 0 saturated carbocycles. The highest BCUT2D eigenvalue weighted by molar-refractivity contribution is 7.98. The number of nitrogens with one attached hydrogen (secondary N) is 2. The molecular formula is C19H22N4OS. The normalized spacial score (nSPS) is 12.2. The van der Waals surface area contributed by atoms with Gasteiger partial charge in [-0.2, -0.15) is 11.8 Å². The zero-order valence-corrected chi connectivity index (χ0v) is 15.0. The predicted molar refractivity (Wildman–Crippen MR) is 104 cm³/mol. The SMILES string of the molecule is CSCCC(NC(=O)c1ccc(CN)cc1)c1nc2ccccc2[nH]1. The number of imidazole rings is 1. The Morgan fingerprint density at radius 1 is 1.24 bits per heavy atom. The molecule has 0 bridgehead atoms. The highest BCUT2D eigenvalue weighted by Crippen LogP contribution is 2.20. The highest BCUT2D eigenvalue weighted by atomic mass is 32.2. The number of para-hydroxylation sites is 2. The number of benzene rings is 2. The Morgan fingerprint density at radius 2 is 2.00 bits per heavy atom. The van der Waals surface area contributed by atoms with Crippen molar-refractivity contribution < 1.29 is 4.79 Å². The van der Waals surface area contributed by atoms with Gasteiger partial charge in [0.1, 0.15) is 5.82 Å². The van der Waals surface area contributed by atoms with E-state index in [-0.39, 0.29) is 11.9 Å². The summed E-state index contributed by atoms with van der Waals surface area (Å²) in [7, 11) is 0. The quantitative estimate of drug-likeness (QED) is 0.608. The third-order valence-electron chi connectivity index (χ3n) is 4.11. The standard InChI is InChI=1S/C19H22N4OS/c1-25-11-10-17(18-21-15-4-2-3-5-16(15)22-18)23-19(24)14-8-6-13(12-20)7-9-14/h2-9,17H,10-12,20H2,1H3,(H,21,22)(H,23,24). The maximum absolute atomic E-state index is 12.6. The lowest BCUT2D eigenvalue weighted by atomic mass is 10.1. The van der Waals surface area contributed by atoms with Crippen molar-refractivity contribution in [3.63, 3.8) is 0 Å². The molecule has 25 heavy (non-hydrogen) atoms. The Hall–Kier alpha value is -2.31. The van der Waals surface area contributed by atoms with Crippen LogP contribution in [0, 0.1) is 0 Å². The van der Waals surface area contributed by atoms with Gasteiger partial charge in [0.15, 0.2) is 0 Å². The fourth-order valence-electron chi connectivity index (χ4n) is 2.68. The molecule has 1 amide bonds. The molecule has 0 aliphatic carbocycles. The van der Waals surface area contributed by atoms with Gasteiger partial charge >= 0.3 is 0 Å². The van der Waals surface area contributed by atoms with Gasteiger partial charge in [0.05, 0.1) is 17.1 Å². The molecule has 5 nitrogen and oxygen atoms in total. The van der Waals surface area contributed by atoms with Crippen LogP contribution in [0.3, 0.4) is 0 Å². The minimum absolute atomic E-state index is 0.102. The fraction of sp³-hybridized carbons (Fsp3) is 0.263. The van der Waals surface area contributed by atoms with E-state index in [2.05, 4.69) is 21.5 Å². The van der Waals surface area contributed by atoms with Crippen LogP contribution in [-0.4, -0.2) is 27.9 Å². The number of aromatic nitrogens is 2. The van der Waals surface area contributed by atoms with E-state index in [1.165, 1.54) is 0 Å². The summed E-state index contributed by atoms with van der Waals surface area (Å²) in [5, 5.41) is 3.11. The van der Waals surface area contributed by atoms with Crippen molar-refractivity contribution in [1.82, 2.24) is 15.3 Å². The molecule has 6 heteroatoms. The monoisotopic (exact) mass is 354 g/mol. The minimum Gasteiger partial charge on any atom is -0.342 e. The van der Waals surface area contributed by atoms with Crippen LogP contribution in [0.4, 0.5) is 0 Å². The van der Waals surface area contributed by atoms with Crippen molar-refractivity contribution in [2.24, 2.45) is 5.73 Å². The molecule has 0 spiro atoms. The molecule has 130 valence electrons. The molecule has 0 fully saturated rings. The molecule has 0 radical (unpaired) electrons. The summed E-state index contributed by atoms with van der Waals surface area (Å²) in [6, 6.07) is 15.1. The first kappa shape index (κ1) is 17.5. The maximum atomic E-state index is 12.6. The number of fused-ring (bicyclic) bond motifs is 1. The van der Waals surface area contributed by atoms with Gasteiger partial charge in [0.2, 0.25) is 0 Å². The summed E-state index contributed by atoms with van der Waals surface area (Å²) in [4.78, 5) is 20.6. The number of nitrogens with two attached hydrogens (primary N) is 1. The molecule has 3 aromatic rings. The Balaban J connectivity index is 1.80. The van der Waals surface area contributed by atoms with E-state index < -0.39 is 0 Å². The Kier molecular flexibility index (Phi) is 5.73. The van der Waals surface area contributed by atoms with E-state index in [1.807, 2.05) is 48.5 Å². The van der Waals surface area contributed by atoms with Crippen LogP contribution in [0.1, 0.15) is 34.2 Å². The van der Waals surface area contributed by atoms with Crippen molar-refractivity contribution in [1.29, 1.82) is 0 Å². The van der Waals surface area contributed by atoms with Gasteiger partial charge in [0, 0.05) is 12.1 Å². The van der Waals surface area contributed by atoms with E-state index in [1.54, 1.807) is 11.8 Å². The number of hydrogen-bond acceptors (Lipinski definition) is 4. The summed E-state index contributed by atoms with van der Waals surface area (Å²) in [5.74, 6) is 1.63. The number of amides is 1. The molecule has 1 unspecified atom stereocenters. The van der Waals surface area contributed by atoms with Gasteiger partial charge in [-0.05, 0) is 48.3 Å². The van der Waals surface area contributed by atoms with Crippen molar-refractivity contribution in [3.8, 4) is 0 Å². The molecule has 3 rings (SSSR count). The number of carbonyl (C=O) groups excluding carboxylic acids is 1. The summed E-state index contributed by atoms with van der Waals surface area (Å²) >= 11 is 1.75. The van der Waals surface area contributed by atoms with Gasteiger partial charge in [-0.1, -0.05) is 24.3 Å². The molecule has 1 atom stereocenters. The first-order valence-electron chi connectivity index (χ1n) is 8.24. The van der Waals surface area contributed by atoms with Crippen molar-refractivity contribution in [2.45, 2.75) is 19.0 Å². The molecule has 0 saturated heterocycles. The second-order valence-corrected chi connectivity index (χ2v) is 6.83. The number of rotatable bonds is 7. The minimum atomic E-state index is -0.151. The number of H-pyrrole nitrogens is 1. The third-order valence-corrected chi connectivity index (χ3v) is 4.75. The molecular weight excluding hydrogens is 332 g/mol. The lowest BCUT2D eigenvalue weighted by Gasteiger charge is -2.16. The van der Waals surface area contributed by atoms with Crippen LogP contribution in [0.5, 0.6) is 0 Å². The lowest BCUT2D eigenvalue weighted by molar-refractivity contribution is 0.0934. The average Bonchev–Trinajstić information content (AvgIpc) is 3.09. The molecule has 1 heterocycles. The number of aromatic amines is 1. The lowest BCUT2D eigenvalue weighted by Crippen LogP contribution is -2.29. The van der Waals surface area contributed by atoms with E-state index in [0.717, 1.165) is 34.6 Å². The second-order valence-electron chi connectivity index (χ2n) is 5.85. The number of carbonyl (C=O) groups is 1. The van der Waals surface area contributed by atoms with Crippen LogP contribution in [0.15, 0.2) is 48.5 Å². The van der Waals surface area contributed by atoms with Gasteiger partial charge in [0.25, 0.3) is 5.91 Å². The molecule has 2 aromatic carbocycles. The zero-order chi connectivity index (χ0) is 17.6. The van der Waals surface area contributed by atoms with E-state index in [4.69, 9.17) is 5.73 Å². The smallest absolute Gasteiger partial charge is 0.251 e. The van der Waals surface area contributed by atoms with Gasteiger partial charge in [-0.25, -0.2) is 4.98 Å². The van der Waals surface area contributed by atoms with E-state index in [9.17, 15) is 4.79 Å². The highest BCUT2D eigenvalue weighted by Gasteiger charge is 2.19. The Morgan fingerprint density at radius 3 is 2.68 bits per heavy atom. The topological polar surface area (TPSA) is 83.8 Å². The summed E-state index contributed by atoms with van der Waals surface area (Å²) in [6.45, 7) is 0.469. The van der Waals surface area contributed by atoms with Crippen molar-refractivity contribution >= 4 is 28.7 Å². The maximum Gasteiger partial charge on any atom is 0.251 e. The Bertz CT molecular complexity index is 811. The van der Waals surface area contributed by atoms with E-state index >= 15 is 0 Å². The molecule has 0 aliphatic rings. The Labute approximate surface area is 151 Å². The van der Waals surface area contributed by atoms with Crippen LogP contribution >= 0.6 is 11.8 Å². The van der Waals surface area contributed by atoms with Gasteiger partial charge in [-0.15, -0.1) is 0 Å². The summed E-state index contributed by atoms with van der Waals surface area (Å²) < 4.78 is 0. The first-order chi connectivity index (χ1) is 12.2. The largest absolute Gasteiger partial charge is 0.342 e. The van der Waals surface area contributed by atoms with Crippen LogP contribution in [0.2, 0.25) is 0 Å². The summed E-state index contributed by atoms with van der Waals surface area (Å²) in [6.07, 6.45) is 2.87. The van der Waals surface area contributed by atoms with Crippen LogP contribution in [-0.2, 0) is 6.54 Å². The number of thioether (sulfide) groups is 1. The zero-order valence-electron chi connectivity index (χ0n) is 14.2. The summed E-state index contributed by atoms with van der Waals surface area (Å²) in [5.41, 5.74) is 9.13. The number of nitrogens with zero attached hydrogens (tertiary/aromatic N) is 1. The first-order valence-corrected chi connectivity index (χ1v) is 9.64. The average molecular weight is 354 g/mol. The molecule has 1 aromatic heterocycles. The third kappa shape index (κ3) is 4.21. The van der Waals surface area contributed by atoms with Crippen LogP contribution in [0.25, 0.3) is 11.0 Å². The van der Waals surface area contributed by atoms with Gasteiger partial charge in [-0.3, -0.25) is 4.79 Å².